The van der Waals surface area contributed by atoms with Crippen molar-refractivity contribution in [2.24, 2.45) is 0 Å². The van der Waals surface area contributed by atoms with Crippen LogP contribution < -0.4 is 10.1 Å². The molecule has 2 aromatic carbocycles. The van der Waals surface area contributed by atoms with E-state index >= 15 is 0 Å². The molecule has 1 heterocycles. The summed E-state index contributed by atoms with van der Waals surface area (Å²) < 4.78 is 79.3. The van der Waals surface area contributed by atoms with Crippen molar-refractivity contribution in [1.29, 1.82) is 0 Å². The zero-order valence-electron chi connectivity index (χ0n) is 18.1. The summed E-state index contributed by atoms with van der Waals surface area (Å²) in [5.74, 6) is -0.332. The lowest BCUT2D eigenvalue weighted by atomic mass is 10.1. The van der Waals surface area contributed by atoms with Gasteiger partial charge in [0, 0.05) is 30.8 Å². The maximum absolute atomic E-state index is 14.5. The van der Waals surface area contributed by atoms with Crippen molar-refractivity contribution < 1.29 is 30.5 Å². The van der Waals surface area contributed by atoms with Crippen LogP contribution in [0.5, 0.6) is 5.75 Å². The SMILES string of the molecule is CNCc1cc(-c2ccccc2F)n(S(=O)(=O)c2cccc(OCCC(C)S(=O)(=O)O)c2)c1. The van der Waals surface area contributed by atoms with Crippen LogP contribution in [0.4, 0.5) is 4.39 Å². The highest BCUT2D eigenvalue weighted by Crippen LogP contribution is 2.30. The summed E-state index contributed by atoms with van der Waals surface area (Å²) >= 11 is 0. The zero-order chi connectivity index (χ0) is 24.2. The Bertz CT molecular complexity index is 1340. The third kappa shape index (κ3) is 5.80. The average Bonchev–Trinajstić information content (AvgIpc) is 3.18. The molecule has 0 aliphatic carbocycles. The Labute approximate surface area is 192 Å². The molecule has 0 saturated carbocycles. The van der Waals surface area contributed by atoms with E-state index in [4.69, 9.17) is 9.29 Å². The van der Waals surface area contributed by atoms with Gasteiger partial charge in [-0.1, -0.05) is 18.2 Å². The molecule has 1 aromatic heterocycles. The van der Waals surface area contributed by atoms with E-state index in [1.54, 1.807) is 19.2 Å². The summed E-state index contributed by atoms with van der Waals surface area (Å²) in [5, 5.41) is 1.94. The third-order valence-corrected chi connectivity index (χ3v) is 7.96. The first-order chi connectivity index (χ1) is 15.5. The molecular formula is C22H25FN2O6S2. The second kappa shape index (κ2) is 10.0. The first-order valence-electron chi connectivity index (χ1n) is 10.1. The van der Waals surface area contributed by atoms with Gasteiger partial charge in [-0.2, -0.15) is 8.42 Å². The molecule has 2 N–H and O–H groups in total. The van der Waals surface area contributed by atoms with Crippen molar-refractivity contribution in [2.75, 3.05) is 13.7 Å². The lowest BCUT2D eigenvalue weighted by molar-refractivity contribution is 0.306. The van der Waals surface area contributed by atoms with Gasteiger partial charge in [-0.15, -0.1) is 0 Å². The molecule has 0 aliphatic rings. The number of ether oxygens (including phenoxy) is 1. The molecule has 0 fully saturated rings. The Morgan fingerprint density at radius 1 is 1.09 bits per heavy atom. The number of aromatic nitrogens is 1. The van der Waals surface area contributed by atoms with Crippen LogP contribution in [0.2, 0.25) is 0 Å². The van der Waals surface area contributed by atoms with Crippen LogP contribution in [0, 0.1) is 5.82 Å². The van der Waals surface area contributed by atoms with Crippen LogP contribution in [-0.2, 0) is 26.7 Å². The lowest BCUT2D eigenvalue weighted by Gasteiger charge is -2.13. The molecule has 3 aromatic rings. The van der Waals surface area contributed by atoms with Gasteiger partial charge in [0.2, 0.25) is 0 Å². The van der Waals surface area contributed by atoms with Crippen molar-refractivity contribution in [3.63, 3.8) is 0 Å². The number of hydrogen-bond donors (Lipinski definition) is 2. The molecule has 0 bridgehead atoms. The van der Waals surface area contributed by atoms with E-state index in [9.17, 15) is 21.2 Å². The van der Waals surface area contributed by atoms with E-state index in [1.807, 2.05) is 0 Å². The second-order valence-corrected chi connectivity index (χ2v) is 11.1. The van der Waals surface area contributed by atoms with Crippen LogP contribution in [0.1, 0.15) is 18.9 Å². The Kier molecular flexibility index (Phi) is 7.58. The summed E-state index contributed by atoms with van der Waals surface area (Å²) in [6.07, 6.45) is 1.47. The number of rotatable bonds is 10. The molecule has 3 rings (SSSR count). The normalized spacial score (nSPS) is 13.1. The van der Waals surface area contributed by atoms with Gasteiger partial charge in [-0.05, 0) is 49.9 Å². The maximum atomic E-state index is 14.5. The van der Waals surface area contributed by atoms with Crippen molar-refractivity contribution >= 4 is 20.1 Å². The van der Waals surface area contributed by atoms with Gasteiger partial charge in [-0.25, -0.2) is 16.8 Å². The van der Waals surface area contributed by atoms with Crippen LogP contribution in [0.15, 0.2) is 65.7 Å². The smallest absolute Gasteiger partial charge is 0.268 e. The minimum atomic E-state index is -4.18. The van der Waals surface area contributed by atoms with Gasteiger partial charge in [0.25, 0.3) is 20.1 Å². The highest BCUT2D eigenvalue weighted by atomic mass is 32.2. The molecule has 1 unspecified atom stereocenters. The summed E-state index contributed by atoms with van der Waals surface area (Å²) in [4.78, 5) is -0.0768. The molecule has 0 aliphatic heterocycles. The van der Waals surface area contributed by atoms with Crippen LogP contribution in [0.25, 0.3) is 11.3 Å². The minimum absolute atomic E-state index is 0.0260. The Hall–Kier alpha value is -2.73. The molecule has 33 heavy (non-hydrogen) atoms. The van der Waals surface area contributed by atoms with Crippen molar-refractivity contribution in [1.82, 2.24) is 9.29 Å². The molecule has 0 radical (unpaired) electrons. The van der Waals surface area contributed by atoms with E-state index in [2.05, 4.69) is 5.32 Å². The first-order valence-corrected chi connectivity index (χ1v) is 13.0. The average molecular weight is 497 g/mol. The van der Waals surface area contributed by atoms with Crippen molar-refractivity contribution in [3.8, 4) is 17.0 Å². The predicted molar refractivity (Wildman–Crippen MR) is 123 cm³/mol. The zero-order valence-corrected chi connectivity index (χ0v) is 19.7. The number of nitrogens with zero attached hydrogens (tertiary/aromatic N) is 1. The van der Waals surface area contributed by atoms with Gasteiger partial charge in [0.15, 0.2) is 0 Å². The molecular weight excluding hydrogens is 471 g/mol. The number of nitrogens with one attached hydrogen (secondary N) is 1. The standard InChI is InChI=1S/C22H25FN2O6S2/c1-16(33(28,29)30)10-11-31-18-6-5-7-19(13-18)32(26,27)25-15-17(14-24-2)12-22(25)20-8-3-4-9-21(20)23/h3-9,12-13,15-16,24H,10-11,14H2,1-2H3,(H,28,29,30). The fourth-order valence-corrected chi connectivity index (χ4v) is 5.01. The number of benzene rings is 2. The molecule has 0 spiro atoms. The van der Waals surface area contributed by atoms with Gasteiger partial charge < -0.3 is 10.1 Å². The van der Waals surface area contributed by atoms with Crippen LogP contribution in [0.3, 0.4) is 0 Å². The van der Waals surface area contributed by atoms with Crippen LogP contribution >= 0.6 is 0 Å². The quantitative estimate of drug-likeness (QED) is 0.414. The van der Waals surface area contributed by atoms with Gasteiger partial charge in [0.1, 0.15) is 11.6 Å². The predicted octanol–water partition coefficient (Wildman–Crippen LogP) is 3.30. The minimum Gasteiger partial charge on any atom is -0.494 e. The highest BCUT2D eigenvalue weighted by Gasteiger charge is 2.24. The number of hydrogen-bond acceptors (Lipinski definition) is 6. The fourth-order valence-electron chi connectivity index (χ4n) is 3.19. The van der Waals surface area contributed by atoms with Gasteiger partial charge >= 0.3 is 0 Å². The van der Waals surface area contributed by atoms with E-state index in [0.29, 0.717) is 12.1 Å². The number of halogens is 1. The maximum Gasteiger partial charge on any atom is 0.268 e. The Morgan fingerprint density at radius 3 is 2.48 bits per heavy atom. The molecule has 178 valence electrons. The lowest BCUT2D eigenvalue weighted by Crippen LogP contribution is -2.19. The van der Waals surface area contributed by atoms with E-state index in [-0.39, 0.29) is 34.9 Å². The first kappa shape index (κ1) is 24.9. The molecule has 1 atom stereocenters. The van der Waals surface area contributed by atoms with Crippen LogP contribution in [-0.4, -0.2) is 44.3 Å². The third-order valence-electron chi connectivity index (χ3n) is 5.04. The second-order valence-electron chi connectivity index (χ2n) is 7.48. The highest BCUT2D eigenvalue weighted by molar-refractivity contribution is 7.90. The topological polar surface area (TPSA) is 115 Å². The molecule has 8 nitrogen and oxygen atoms in total. The summed E-state index contributed by atoms with van der Waals surface area (Å²) in [6, 6.07) is 13.3. The summed E-state index contributed by atoms with van der Waals surface area (Å²) in [5.41, 5.74) is 0.993. The largest absolute Gasteiger partial charge is 0.494 e. The molecule has 11 heteroatoms. The molecule has 0 saturated heterocycles. The summed E-state index contributed by atoms with van der Waals surface area (Å²) in [7, 11) is -6.57. The van der Waals surface area contributed by atoms with Crippen molar-refractivity contribution in [3.05, 3.63) is 72.2 Å². The van der Waals surface area contributed by atoms with E-state index < -0.39 is 31.2 Å². The fraction of sp³-hybridized carbons (Fsp3) is 0.273. The van der Waals surface area contributed by atoms with E-state index in [0.717, 1.165) is 3.97 Å². The van der Waals surface area contributed by atoms with Gasteiger partial charge in [-0.3, -0.25) is 4.55 Å². The monoisotopic (exact) mass is 496 g/mol. The van der Waals surface area contributed by atoms with E-state index in [1.165, 1.54) is 55.6 Å². The van der Waals surface area contributed by atoms with Gasteiger partial charge in [0.05, 0.1) is 22.4 Å². The Morgan fingerprint density at radius 2 is 1.82 bits per heavy atom. The molecule has 0 amide bonds. The summed E-state index contributed by atoms with van der Waals surface area (Å²) in [6.45, 7) is 1.69. The Balaban J connectivity index is 1.95. The van der Waals surface area contributed by atoms with Crippen molar-refractivity contribution in [2.45, 2.75) is 30.0 Å².